The molecule has 4 aromatic rings. The molecule has 30 heavy (non-hydrogen) atoms. The van der Waals surface area contributed by atoms with Gasteiger partial charge in [-0.05, 0) is 45.2 Å². The number of fused-ring (bicyclic) bond motifs is 2. The van der Waals surface area contributed by atoms with Crippen LogP contribution in [0.3, 0.4) is 0 Å². The largest absolute Gasteiger partial charge is 0.480 e. The van der Waals surface area contributed by atoms with Gasteiger partial charge in [-0.15, -0.1) is 0 Å². The van der Waals surface area contributed by atoms with Crippen molar-refractivity contribution in [3.05, 3.63) is 96.1 Å². The molecule has 1 atom stereocenters. The monoisotopic (exact) mass is 397 g/mol. The van der Waals surface area contributed by atoms with Gasteiger partial charge in [0.25, 0.3) is 0 Å². The quantitative estimate of drug-likeness (QED) is 0.443. The van der Waals surface area contributed by atoms with Crippen LogP contribution in [0.15, 0.2) is 84.9 Å². The molecular formula is C26H23NO3. The van der Waals surface area contributed by atoms with Gasteiger partial charge in [0, 0.05) is 12.8 Å². The first-order valence-electron chi connectivity index (χ1n) is 10.1. The van der Waals surface area contributed by atoms with E-state index in [4.69, 9.17) is 0 Å². The lowest BCUT2D eigenvalue weighted by Crippen LogP contribution is -2.42. The number of aryl methyl sites for hydroxylation is 1. The topological polar surface area (TPSA) is 66.4 Å². The van der Waals surface area contributed by atoms with E-state index < -0.39 is 12.0 Å². The molecule has 0 unspecified atom stereocenters. The summed E-state index contributed by atoms with van der Waals surface area (Å²) in [5.74, 6) is -1.28. The molecule has 0 radical (unpaired) electrons. The first kappa shape index (κ1) is 19.6. The Morgan fingerprint density at radius 1 is 0.800 bits per heavy atom. The lowest BCUT2D eigenvalue weighted by atomic mass is 9.92. The number of hydrogen-bond acceptors (Lipinski definition) is 2. The van der Waals surface area contributed by atoms with Crippen molar-refractivity contribution >= 4 is 33.4 Å². The molecule has 0 heterocycles. The van der Waals surface area contributed by atoms with Crippen LogP contribution < -0.4 is 5.32 Å². The molecule has 2 N–H and O–H groups in total. The molecule has 4 nitrogen and oxygen atoms in total. The number of rotatable bonds is 7. The highest BCUT2D eigenvalue weighted by Gasteiger charge is 2.22. The predicted octanol–water partition coefficient (Wildman–Crippen LogP) is 4.74. The lowest BCUT2D eigenvalue weighted by molar-refractivity contribution is -0.141. The molecule has 0 fully saturated rings. The number of carbonyl (C=O) groups excluding carboxylic acids is 1. The number of carbonyl (C=O) groups is 2. The Labute approximate surface area is 175 Å². The van der Waals surface area contributed by atoms with Gasteiger partial charge in [-0.1, -0.05) is 78.9 Å². The van der Waals surface area contributed by atoms with Gasteiger partial charge in [0.15, 0.2) is 0 Å². The lowest BCUT2D eigenvalue weighted by Gasteiger charge is -2.18. The molecular weight excluding hydrogens is 374 g/mol. The molecule has 4 aromatic carbocycles. The Hall–Kier alpha value is -3.66. The van der Waals surface area contributed by atoms with Crippen molar-refractivity contribution in [2.24, 2.45) is 0 Å². The summed E-state index contributed by atoms with van der Waals surface area (Å²) in [5.41, 5.74) is 2.00. The van der Waals surface area contributed by atoms with Crippen LogP contribution in [0.2, 0.25) is 0 Å². The van der Waals surface area contributed by atoms with E-state index in [2.05, 4.69) is 11.4 Å². The standard InChI is InChI=1S/C26H23NO3/c28-25(15-14-18-8-2-1-3-9-18)27-24(26(29)30)17-23-21-12-6-4-10-19(21)16-20-11-5-7-13-22(20)23/h1-13,16,24H,14-15,17H2,(H,27,28)(H,29,30)/t24-/m1/s1. The van der Waals surface area contributed by atoms with E-state index in [-0.39, 0.29) is 18.7 Å². The van der Waals surface area contributed by atoms with Gasteiger partial charge in [-0.3, -0.25) is 4.79 Å². The van der Waals surface area contributed by atoms with Gasteiger partial charge in [-0.2, -0.15) is 0 Å². The molecule has 0 aromatic heterocycles. The molecule has 0 aliphatic rings. The van der Waals surface area contributed by atoms with Crippen LogP contribution in [0.1, 0.15) is 17.5 Å². The highest BCUT2D eigenvalue weighted by atomic mass is 16.4. The number of hydrogen-bond donors (Lipinski definition) is 2. The molecule has 0 spiro atoms. The van der Waals surface area contributed by atoms with Crippen molar-refractivity contribution in [3.8, 4) is 0 Å². The normalized spacial score (nSPS) is 12.0. The summed E-state index contributed by atoms with van der Waals surface area (Å²) in [6.07, 6.45) is 1.06. The van der Waals surface area contributed by atoms with Crippen LogP contribution >= 0.6 is 0 Å². The molecule has 4 rings (SSSR count). The van der Waals surface area contributed by atoms with Crippen LogP contribution in [-0.2, 0) is 22.4 Å². The average Bonchev–Trinajstić information content (AvgIpc) is 2.77. The second kappa shape index (κ2) is 8.78. The van der Waals surface area contributed by atoms with Crippen LogP contribution in [-0.4, -0.2) is 23.0 Å². The average molecular weight is 397 g/mol. The molecule has 0 saturated heterocycles. The second-order valence-corrected chi connectivity index (χ2v) is 7.45. The Morgan fingerprint density at radius 3 is 1.97 bits per heavy atom. The van der Waals surface area contributed by atoms with E-state index in [1.165, 1.54) is 0 Å². The fourth-order valence-electron chi connectivity index (χ4n) is 3.90. The number of carboxylic acid groups (broad SMARTS) is 1. The molecule has 0 aliphatic heterocycles. The van der Waals surface area contributed by atoms with E-state index in [0.29, 0.717) is 6.42 Å². The van der Waals surface area contributed by atoms with Gasteiger partial charge in [0.2, 0.25) is 5.91 Å². The highest BCUT2D eigenvalue weighted by Crippen LogP contribution is 2.29. The first-order valence-corrected chi connectivity index (χ1v) is 10.1. The fourth-order valence-corrected chi connectivity index (χ4v) is 3.90. The summed E-state index contributed by atoms with van der Waals surface area (Å²) in [7, 11) is 0. The van der Waals surface area contributed by atoms with E-state index in [1.807, 2.05) is 78.9 Å². The van der Waals surface area contributed by atoms with E-state index in [0.717, 1.165) is 32.7 Å². The van der Waals surface area contributed by atoms with Gasteiger partial charge >= 0.3 is 5.97 Å². The van der Waals surface area contributed by atoms with Gasteiger partial charge in [0.05, 0.1) is 0 Å². The highest BCUT2D eigenvalue weighted by molar-refractivity contribution is 6.02. The smallest absolute Gasteiger partial charge is 0.326 e. The first-order chi connectivity index (χ1) is 14.6. The summed E-state index contributed by atoms with van der Waals surface area (Å²) in [6.45, 7) is 0. The zero-order chi connectivity index (χ0) is 20.9. The summed E-state index contributed by atoms with van der Waals surface area (Å²) in [4.78, 5) is 24.4. The van der Waals surface area contributed by atoms with E-state index in [9.17, 15) is 14.7 Å². The molecule has 0 saturated carbocycles. The van der Waals surface area contributed by atoms with Crippen molar-refractivity contribution < 1.29 is 14.7 Å². The number of aliphatic carboxylic acids is 1. The van der Waals surface area contributed by atoms with Gasteiger partial charge in [0.1, 0.15) is 6.04 Å². The molecule has 0 bridgehead atoms. The number of benzene rings is 4. The van der Waals surface area contributed by atoms with Crippen LogP contribution in [0, 0.1) is 0 Å². The third-order valence-corrected chi connectivity index (χ3v) is 5.41. The maximum absolute atomic E-state index is 12.5. The zero-order valence-electron chi connectivity index (χ0n) is 16.5. The molecule has 0 aliphatic carbocycles. The fraction of sp³-hybridized carbons (Fsp3) is 0.154. The van der Waals surface area contributed by atoms with Crippen molar-refractivity contribution in [1.82, 2.24) is 5.32 Å². The molecule has 150 valence electrons. The van der Waals surface area contributed by atoms with Crippen molar-refractivity contribution in [1.29, 1.82) is 0 Å². The van der Waals surface area contributed by atoms with Gasteiger partial charge in [-0.25, -0.2) is 4.79 Å². The Kier molecular flexibility index (Phi) is 5.75. The third-order valence-electron chi connectivity index (χ3n) is 5.41. The van der Waals surface area contributed by atoms with Crippen LogP contribution in [0.4, 0.5) is 0 Å². The predicted molar refractivity (Wildman–Crippen MR) is 119 cm³/mol. The van der Waals surface area contributed by atoms with Crippen LogP contribution in [0.5, 0.6) is 0 Å². The Morgan fingerprint density at radius 2 is 1.37 bits per heavy atom. The number of nitrogens with one attached hydrogen (secondary N) is 1. The van der Waals surface area contributed by atoms with Crippen LogP contribution in [0.25, 0.3) is 21.5 Å². The minimum Gasteiger partial charge on any atom is -0.480 e. The third kappa shape index (κ3) is 4.33. The van der Waals surface area contributed by atoms with E-state index >= 15 is 0 Å². The minimum atomic E-state index is -1.03. The maximum atomic E-state index is 12.5. The number of amides is 1. The summed E-state index contributed by atoms with van der Waals surface area (Å²) >= 11 is 0. The number of carboxylic acids is 1. The SMILES string of the molecule is O=C(CCc1ccccc1)N[C@H](Cc1c2ccccc2cc2ccccc12)C(=O)O. The minimum absolute atomic E-state index is 0.230. The maximum Gasteiger partial charge on any atom is 0.326 e. The van der Waals surface area contributed by atoms with Crippen molar-refractivity contribution in [3.63, 3.8) is 0 Å². The van der Waals surface area contributed by atoms with Crippen molar-refractivity contribution in [2.45, 2.75) is 25.3 Å². The summed E-state index contributed by atoms with van der Waals surface area (Å²) < 4.78 is 0. The zero-order valence-corrected chi connectivity index (χ0v) is 16.5. The van der Waals surface area contributed by atoms with E-state index in [1.54, 1.807) is 0 Å². The summed E-state index contributed by atoms with van der Waals surface area (Å²) in [6, 6.07) is 26.8. The second-order valence-electron chi connectivity index (χ2n) is 7.45. The van der Waals surface area contributed by atoms with Crippen molar-refractivity contribution in [2.75, 3.05) is 0 Å². The summed E-state index contributed by atoms with van der Waals surface area (Å²) in [5, 5.41) is 16.7. The van der Waals surface area contributed by atoms with Gasteiger partial charge < -0.3 is 10.4 Å². The Bertz CT molecular complexity index is 1150. The molecule has 4 heteroatoms. The molecule has 1 amide bonds. The Balaban J connectivity index is 1.59.